The van der Waals surface area contributed by atoms with Gasteiger partial charge in [-0.25, -0.2) is 8.78 Å². The number of Topliss-reactive ketones (excluding diaryl/α,β-unsaturated/α-hetero) is 1. The van der Waals surface area contributed by atoms with Crippen LogP contribution in [-0.2, 0) is 4.79 Å². The third-order valence-electron chi connectivity index (χ3n) is 3.47. The number of rotatable bonds is 2. The molecule has 86 valence electrons. The molecule has 2 saturated carbocycles. The van der Waals surface area contributed by atoms with Gasteiger partial charge in [-0.05, 0) is 5.92 Å². The molecule has 15 heavy (non-hydrogen) atoms. The molecule has 2 aliphatic carbocycles. The summed E-state index contributed by atoms with van der Waals surface area (Å²) >= 11 is 0. The Hall–Kier alpha value is -0.615. The fourth-order valence-electron chi connectivity index (χ4n) is 2.71. The van der Waals surface area contributed by atoms with Crippen LogP contribution >= 0.6 is 0 Å². The molecular formula is C8H9BF5O-. The average molecular weight is 227 g/mol. The van der Waals surface area contributed by atoms with E-state index in [9.17, 15) is 26.5 Å². The molecule has 0 aliphatic heterocycles. The average Bonchev–Trinajstić information content (AvgIpc) is 1.96. The molecule has 0 saturated heterocycles. The summed E-state index contributed by atoms with van der Waals surface area (Å²) in [5.74, 6) is -4.25. The fourth-order valence-corrected chi connectivity index (χ4v) is 2.71. The lowest BCUT2D eigenvalue weighted by molar-refractivity contribution is -0.210. The Morgan fingerprint density at radius 2 is 1.80 bits per heavy atom. The van der Waals surface area contributed by atoms with E-state index in [2.05, 4.69) is 0 Å². The van der Waals surface area contributed by atoms with Gasteiger partial charge in [-0.15, -0.1) is 0 Å². The van der Waals surface area contributed by atoms with E-state index in [1.165, 1.54) is 0 Å². The van der Waals surface area contributed by atoms with Crippen LogP contribution in [0.5, 0.6) is 0 Å². The summed E-state index contributed by atoms with van der Waals surface area (Å²) in [6.07, 6.45) is -2.61. The second-order valence-electron chi connectivity index (χ2n) is 4.64. The van der Waals surface area contributed by atoms with E-state index in [1.54, 1.807) is 0 Å². The molecule has 1 nitrogen and oxygen atoms in total. The lowest BCUT2D eigenvalue weighted by Gasteiger charge is -2.58. The van der Waals surface area contributed by atoms with E-state index in [1.807, 2.05) is 0 Å². The first-order valence-corrected chi connectivity index (χ1v) is 4.77. The van der Waals surface area contributed by atoms with Gasteiger partial charge in [-0.1, -0.05) is 6.32 Å². The maximum atomic E-state index is 12.6. The van der Waals surface area contributed by atoms with Gasteiger partial charge in [0.15, 0.2) is 0 Å². The molecule has 2 aliphatic rings. The molecule has 1 unspecified atom stereocenters. The maximum absolute atomic E-state index is 12.6. The van der Waals surface area contributed by atoms with Crippen molar-refractivity contribution >= 4 is 12.8 Å². The maximum Gasteiger partial charge on any atom is 0.478 e. The molecule has 0 radical (unpaired) electrons. The highest BCUT2D eigenvalue weighted by molar-refractivity contribution is 6.58. The van der Waals surface area contributed by atoms with Crippen molar-refractivity contribution in [3.05, 3.63) is 0 Å². The normalized spacial score (nSPS) is 32.3. The van der Waals surface area contributed by atoms with Gasteiger partial charge < -0.3 is 12.9 Å². The van der Waals surface area contributed by atoms with E-state index < -0.39 is 49.2 Å². The lowest BCUT2D eigenvalue weighted by atomic mass is 9.44. The number of carbonyl (C=O) groups is 1. The molecule has 0 heterocycles. The van der Waals surface area contributed by atoms with Crippen LogP contribution in [0.3, 0.4) is 0 Å². The number of alkyl halides is 2. The Bertz CT molecular complexity index is 303. The molecule has 0 aromatic rings. The molecule has 2 rings (SSSR count). The van der Waals surface area contributed by atoms with Crippen molar-refractivity contribution in [3.63, 3.8) is 0 Å². The van der Waals surface area contributed by atoms with Crippen LogP contribution in [0.15, 0.2) is 0 Å². The van der Waals surface area contributed by atoms with Gasteiger partial charge in [0.1, 0.15) is 5.78 Å². The monoisotopic (exact) mass is 227 g/mol. The Labute approximate surface area is 83.1 Å². The summed E-state index contributed by atoms with van der Waals surface area (Å²) in [5, 5.41) is 0. The van der Waals surface area contributed by atoms with Crippen molar-refractivity contribution in [2.45, 2.75) is 31.5 Å². The standard InChI is InChI=1S/C8H9BF5O/c10-8(11)3-7(4-8)5(1-6(7)15)2-9(12,13)14/h5H,1-4H2/q-1. The summed E-state index contributed by atoms with van der Waals surface area (Å²) < 4.78 is 61.6. The molecule has 0 amide bonds. The smallest absolute Gasteiger partial charge is 0.449 e. The van der Waals surface area contributed by atoms with Crippen molar-refractivity contribution in [1.82, 2.24) is 0 Å². The van der Waals surface area contributed by atoms with Crippen molar-refractivity contribution < 1.29 is 26.5 Å². The SMILES string of the molecule is O=C1CC(C[B-](F)(F)F)C12CC(F)(F)C2. The molecular weight excluding hydrogens is 218 g/mol. The van der Waals surface area contributed by atoms with Gasteiger partial charge >= 0.3 is 6.98 Å². The third-order valence-corrected chi connectivity index (χ3v) is 3.47. The van der Waals surface area contributed by atoms with E-state index >= 15 is 0 Å². The molecule has 2 fully saturated rings. The van der Waals surface area contributed by atoms with Crippen LogP contribution in [0.4, 0.5) is 21.7 Å². The van der Waals surface area contributed by atoms with Crippen LogP contribution in [-0.4, -0.2) is 18.7 Å². The van der Waals surface area contributed by atoms with Crippen molar-refractivity contribution in [1.29, 1.82) is 0 Å². The number of halogens is 5. The zero-order valence-corrected chi connectivity index (χ0v) is 7.78. The first-order valence-electron chi connectivity index (χ1n) is 4.77. The zero-order chi connectivity index (χ0) is 11.5. The van der Waals surface area contributed by atoms with E-state index in [-0.39, 0.29) is 6.42 Å². The van der Waals surface area contributed by atoms with Gasteiger partial charge in [-0.2, -0.15) is 0 Å². The summed E-state index contributed by atoms with van der Waals surface area (Å²) in [7, 11) is 0. The first-order chi connectivity index (χ1) is 6.65. The predicted molar refractivity (Wildman–Crippen MR) is 43.6 cm³/mol. The van der Waals surface area contributed by atoms with Crippen LogP contribution in [0.1, 0.15) is 19.3 Å². The highest BCUT2D eigenvalue weighted by atomic mass is 19.4. The number of hydrogen-bond donors (Lipinski definition) is 0. The van der Waals surface area contributed by atoms with Crippen LogP contribution < -0.4 is 0 Å². The van der Waals surface area contributed by atoms with E-state index in [4.69, 9.17) is 0 Å². The summed E-state index contributed by atoms with van der Waals surface area (Å²) in [4.78, 5) is 11.1. The fraction of sp³-hybridized carbons (Fsp3) is 0.875. The minimum atomic E-state index is -4.98. The van der Waals surface area contributed by atoms with Crippen LogP contribution in [0, 0.1) is 11.3 Å². The molecule has 1 spiro atoms. The molecule has 0 aromatic heterocycles. The van der Waals surface area contributed by atoms with E-state index in [0.717, 1.165) is 0 Å². The largest absolute Gasteiger partial charge is 0.478 e. The minimum absolute atomic E-state index is 0.183. The van der Waals surface area contributed by atoms with Gasteiger partial charge in [0, 0.05) is 24.7 Å². The van der Waals surface area contributed by atoms with Gasteiger partial charge in [-0.3, -0.25) is 4.79 Å². The second kappa shape index (κ2) is 2.74. The van der Waals surface area contributed by atoms with Crippen molar-refractivity contribution in [2.75, 3.05) is 0 Å². The van der Waals surface area contributed by atoms with Crippen LogP contribution in [0.2, 0.25) is 6.32 Å². The Balaban J connectivity index is 2.03. The molecule has 0 bridgehead atoms. The van der Waals surface area contributed by atoms with Crippen LogP contribution in [0.25, 0.3) is 0 Å². The Morgan fingerprint density at radius 3 is 2.13 bits per heavy atom. The third kappa shape index (κ3) is 1.65. The highest BCUT2D eigenvalue weighted by Crippen LogP contribution is 2.65. The first kappa shape index (κ1) is 10.9. The van der Waals surface area contributed by atoms with Gasteiger partial charge in [0.05, 0.1) is 0 Å². The molecule has 1 atom stereocenters. The van der Waals surface area contributed by atoms with Crippen molar-refractivity contribution in [3.8, 4) is 0 Å². The summed E-state index contributed by atoms with van der Waals surface area (Å²) in [6, 6.07) is 0. The van der Waals surface area contributed by atoms with E-state index in [0.29, 0.717) is 0 Å². The summed E-state index contributed by atoms with van der Waals surface area (Å²) in [5.41, 5.74) is -1.33. The Kier molecular flexibility index (Phi) is 1.99. The van der Waals surface area contributed by atoms with Gasteiger partial charge in [0.25, 0.3) is 0 Å². The minimum Gasteiger partial charge on any atom is -0.449 e. The zero-order valence-electron chi connectivity index (χ0n) is 7.78. The summed E-state index contributed by atoms with van der Waals surface area (Å²) in [6.45, 7) is -4.98. The second-order valence-corrected chi connectivity index (χ2v) is 4.64. The quantitative estimate of drug-likeness (QED) is 0.523. The van der Waals surface area contributed by atoms with Gasteiger partial charge in [0.2, 0.25) is 5.92 Å². The molecule has 0 N–H and O–H groups in total. The molecule has 7 heteroatoms. The topological polar surface area (TPSA) is 17.1 Å². The van der Waals surface area contributed by atoms with Crippen molar-refractivity contribution in [2.24, 2.45) is 11.3 Å². The number of hydrogen-bond acceptors (Lipinski definition) is 1. The predicted octanol–water partition coefficient (Wildman–Crippen LogP) is 2.84. The molecule has 0 aromatic carbocycles. The lowest BCUT2D eigenvalue weighted by Crippen LogP contribution is -2.63. The number of carbonyl (C=O) groups excluding carboxylic acids is 1. The number of ketones is 1. The Morgan fingerprint density at radius 1 is 1.27 bits per heavy atom. The highest BCUT2D eigenvalue weighted by Gasteiger charge is 2.68.